The van der Waals surface area contributed by atoms with Crippen LogP contribution in [0.5, 0.6) is 0 Å². The summed E-state index contributed by atoms with van der Waals surface area (Å²) in [5.74, 6) is 0. The Morgan fingerprint density at radius 2 is 1.18 bits per heavy atom. The lowest BCUT2D eigenvalue weighted by Gasteiger charge is -2.39. The van der Waals surface area contributed by atoms with E-state index in [9.17, 15) is 13.0 Å². The first kappa shape index (κ1) is 29.6. The number of rotatable bonds is 15. The number of benzene rings is 2. The van der Waals surface area contributed by atoms with Crippen LogP contribution in [-0.2, 0) is 21.2 Å². The predicted molar refractivity (Wildman–Crippen MR) is 138 cm³/mol. The Morgan fingerprint density at radius 1 is 0.727 bits per heavy atom. The van der Waals surface area contributed by atoms with Crippen molar-refractivity contribution in [1.29, 1.82) is 0 Å². The standard InChI is InChI=1S/C16H36N.C11H10O4S/c1-5-9-13-17(14-10-6-2,15-11-7-3)16-12-8-4;12-16(13,14)15-8-10-6-3-5-9-4-1-2-7-11(9)10/h5-16H2,1-4H3;1-7H,8H2,(H,12,13,14)/q+1;/p-1. The molecule has 0 aromatic heterocycles. The molecule has 188 valence electrons. The Hall–Kier alpha value is -1.47. The maximum absolute atomic E-state index is 10.4. The quantitative estimate of drug-likeness (QED) is 0.160. The molecule has 0 amide bonds. The zero-order valence-corrected chi connectivity index (χ0v) is 22.0. The van der Waals surface area contributed by atoms with Gasteiger partial charge in [-0.05, 0) is 42.0 Å². The number of nitrogens with zero attached hydrogens (tertiary/aromatic N) is 1. The molecule has 2 aromatic rings. The van der Waals surface area contributed by atoms with Gasteiger partial charge in [0.25, 0.3) is 0 Å². The molecule has 0 spiro atoms. The van der Waals surface area contributed by atoms with Crippen LogP contribution in [0.1, 0.15) is 84.6 Å². The summed E-state index contributed by atoms with van der Waals surface area (Å²) < 4.78 is 36.7. The van der Waals surface area contributed by atoms with Crippen LogP contribution in [0.25, 0.3) is 10.8 Å². The van der Waals surface area contributed by atoms with Crippen LogP contribution in [0.15, 0.2) is 42.5 Å². The van der Waals surface area contributed by atoms with Gasteiger partial charge in [0.15, 0.2) is 0 Å². The van der Waals surface area contributed by atoms with E-state index in [2.05, 4.69) is 31.9 Å². The molecule has 0 N–H and O–H groups in total. The van der Waals surface area contributed by atoms with Crippen molar-refractivity contribution in [2.45, 2.75) is 85.7 Å². The molecule has 33 heavy (non-hydrogen) atoms. The minimum Gasteiger partial charge on any atom is -0.726 e. The lowest BCUT2D eigenvalue weighted by Crippen LogP contribution is -2.50. The molecule has 0 saturated carbocycles. The lowest BCUT2D eigenvalue weighted by atomic mass is 10.1. The molecular formula is C27H45NO4S. The maximum Gasteiger partial charge on any atom is 0.217 e. The van der Waals surface area contributed by atoms with Crippen molar-refractivity contribution >= 4 is 21.2 Å². The molecule has 0 saturated heterocycles. The summed E-state index contributed by atoms with van der Waals surface area (Å²) in [7, 11) is -4.64. The molecule has 2 aromatic carbocycles. The summed E-state index contributed by atoms with van der Waals surface area (Å²) in [4.78, 5) is 0. The smallest absolute Gasteiger partial charge is 0.217 e. The molecule has 0 aliphatic carbocycles. The fourth-order valence-corrected chi connectivity index (χ4v) is 4.47. The van der Waals surface area contributed by atoms with Gasteiger partial charge in [0.1, 0.15) is 0 Å². The van der Waals surface area contributed by atoms with Crippen molar-refractivity contribution < 1.29 is 21.6 Å². The number of quaternary nitrogens is 1. The third-order valence-electron chi connectivity index (χ3n) is 6.18. The second-order valence-electron chi connectivity index (χ2n) is 8.96. The fraction of sp³-hybridized carbons (Fsp3) is 0.630. The average molecular weight is 480 g/mol. The number of unbranched alkanes of at least 4 members (excludes halogenated alkanes) is 4. The van der Waals surface area contributed by atoms with Crippen molar-refractivity contribution in [3.63, 3.8) is 0 Å². The van der Waals surface area contributed by atoms with E-state index in [4.69, 9.17) is 0 Å². The van der Waals surface area contributed by atoms with Gasteiger partial charge >= 0.3 is 0 Å². The summed E-state index contributed by atoms with van der Waals surface area (Å²) in [5, 5.41) is 1.86. The number of hydrogen-bond donors (Lipinski definition) is 0. The van der Waals surface area contributed by atoms with Crippen LogP contribution in [0, 0.1) is 0 Å². The minimum absolute atomic E-state index is 0.229. The zero-order valence-electron chi connectivity index (χ0n) is 21.2. The molecule has 5 nitrogen and oxygen atoms in total. The van der Waals surface area contributed by atoms with Crippen molar-refractivity contribution in [1.82, 2.24) is 0 Å². The van der Waals surface area contributed by atoms with Gasteiger partial charge in [0.05, 0.1) is 32.8 Å². The molecule has 6 heteroatoms. The third-order valence-corrected chi connectivity index (χ3v) is 6.59. The van der Waals surface area contributed by atoms with Crippen molar-refractivity contribution in [2.24, 2.45) is 0 Å². The fourth-order valence-electron chi connectivity index (χ4n) is 4.20. The van der Waals surface area contributed by atoms with Crippen LogP contribution >= 0.6 is 0 Å². The normalized spacial score (nSPS) is 11.9. The second-order valence-corrected chi connectivity index (χ2v) is 10.0. The molecule has 0 unspecified atom stereocenters. The van der Waals surface area contributed by atoms with Gasteiger partial charge in [-0.1, -0.05) is 95.8 Å². The molecule has 0 heterocycles. The van der Waals surface area contributed by atoms with E-state index >= 15 is 0 Å². The predicted octanol–water partition coefficient (Wildman–Crippen LogP) is 6.82. The van der Waals surface area contributed by atoms with Crippen LogP contribution in [0.4, 0.5) is 0 Å². The first-order chi connectivity index (χ1) is 15.8. The highest BCUT2D eigenvalue weighted by molar-refractivity contribution is 7.80. The Balaban J connectivity index is 0.000000330. The molecular weight excluding hydrogens is 434 g/mol. The molecule has 0 atom stereocenters. The van der Waals surface area contributed by atoms with Gasteiger partial charge in [-0.3, -0.25) is 4.18 Å². The van der Waals surface area contributed by atoms with Gasteiger partial charge in [-0.15, -0.1) is 0 Å². The molecule has 0 bridgehead atoms. The van der Waals surface area contributed by atoms with Crippen molar-refractivity contribution in [2.75, 3.05) is 26.2 Å². The summed E-state index contributed by atoms with van der Waals surface area (Å²) in [5.41, 5.74) is 0.678. The lowest BCUT2D eigenvalue weighted by molar-refractivity contribution is -0.929. The topological polar surface area (TPSA) is 66.4 Å². The Labute approximate surface area is 202 Å². The summed E-state index contributed by atoms with van der Waals surface area (Å²) in [6.07, 6.45) is 11.1. The maximum atomic E-state index is 10.4. The van der Waals surface area contributed by atoms with Crippen LogP contribution in [-0.4, -0.2) is 43.6 Å². The SMILES string of the molecule is CCCC[N+](CCCC)(CCCC)CCCC.O=S(=O)([O-])OCc1cccc2ccccc12. The molecule has 0 fully saturated rings. The van der Waals surface area contributed by atoms with E-state index in [0.29, 0.717) is 5.56 Å². The second kappa shape index (κ2) is 16.2. The van der Waals surface area contributed by atoms with E-state index in [1.54, 1.807) is 12.1 Å². The highest BCUT2D eigenvalue weighted by Gasteiger charge is 2.24. The van der Waals surface area contributed by atoms with Gasteiger partial charge in [-0.25, -0.2) is 8.42 Å². The van der Waals surface area contributed by atoms with Crippen LogP contribution < -0.4 is 0 Å². The van der Waals surface area contributed by atoms with Crippen LogP contribution in [0.3, 0.4) is 0 Å². The first-order valence-electron chi connectivity index (χ1n) is 12.7. The monoisotopic (exact) mass is 479 g/mol. The van der Waals surface area contributed by atoms with E-state index in [1.165, 1.54) is 82.0 Å². The highest BCUT2D eigenvalue weighted by Crippen LogP contribution is 2.19. The van der Waals surface area contributed by atoms with E-state index in [-0.39, 0.29) is 6.61 Å². The van der Waals surface area contributed by atoms with Gasteiger partial charge in [-0.2, -0.15) is 0 Å². The average Bonchev–Trinajstić information content (AvgIpc) is 2.81. The van der Waals surface area contributed by atoms with E-state index < -0.39 is 10.4 Å². The summed E-state index contributed by atoms with van der Waals surface area (Å²) in [6, 6.07) is 12.9. The molecule has 0 aliphatic heterocycles. The Kier molecular flexibility index (Phi) is 14.5. The van der Waals surface area contributed by atoms with Gasteiger partial charge in [0, 0.05) is 0 Å². The Bertz CT molecular complexity index is 840. The van der Waals surface area contributed by atoms with Crippen molar-refractivity contribution in [3.05, 3.63) is 48.0 Å². The Morgan fingerprint density at radius 3 is 1.64 bits per heavy atom. The van der Waals surface area contributed by atoms with E-state index in [0.717, 1.165) is 10.8 Å². The van der Waals surface area contributed by atoms with E-state index in [1.807, 2.05) is 30.3 Å². The largest absolute Gasteiger partial charge is 0.726 e. The molecule has 0 radical (unpaired) electrons. The third kappa shape index (κ3) is 12.0. The zero-order chi connectivity index (χ0) is 24.6. The highest BCUT2D eigenvalue weighted by atomic mass is 32.3. The first-order valence-corrected chi connectivity index (χ1v) is 14.1. The molecule has 0 aliphatic rings. The van der Waals surface area contributed by atoms with Crippen LogP contribution in [0.2, 0.25) is 0 Å². The van der Waals surface area contributed by atoms with Crippen molar-refractivity contribution in [3.8, 4) is 0 Å². The van der Waals surface area contributed by atoms with Gasteiger partial charge in [0.2, 0.25) is 10.4 Å². The minimum atomic E-state index is -4.64. The summed E-state index contributed by atoms with van der Waals surface area (Å²) in [6.45, 7) is 14.8. The summed E-state index contributed by atoms with van der Waals surface area (Å²) >= 11 is 0. The number of fused-ring (bicyclic) bond motifs is 1. The number of hydrogen-bond acceptors (Lipinski definition) is 4. The van der Waals surface area contributed by atoms with Gasteiger partial charge < -0.3 is 9.04 Å². The molecule has 2 rings (SSSR count).